The summed E-state index contributed by atoms with van der Waals surface area (Å²) in [7, 11) is 1.95. The Bertz CT molecular complexity index is 442. The summed E-state index contributed by atoms with van der Waals surface area (Å²) in [5.74, 6) is 1.84. The second-order valence-electron chi connectivity index (χ2n) is 5.97. The maximum atomic E-state index is 4.76. The first-order valence-electron chi connectivity index (χ1n) is 7.72. The normalized spacial score (nSPS) is 26.6. The van der Waals surface area contributed by atoms with E-state index in [0.717, 1.165) is 17.8 Å². The minimum Gasteiger partial charge on any atom is -0.373 e. The Morgan fingerprint density at radius 3 is 3.05 bits per heavy atom. The van der Waals surface area contributed by atoms with E-state index in [9.17, 15) is 0 Å². The van der Waals surface area contributed by atoms with E-state index in [-0.39, 0.29) is 0 Å². The van der Waals surface area contributed by atoms with Crippen molar-refractivity contribution in [2.24, 2.45) is 5.92 Å². The zero-order valence-corrected chi connectivity index (χ0v) is 12.2. The van der Waals surface area contributed by atoms with Gasteiger partial charge in [0, 0.05) is 18.8 Å². The number of piperidine rings is 1. The highest BCUT2D eigenvalue weighted by molar-refractivity contribution is 5.39. The van der Waals surface area contributed by atoms with Crippen LogP contribution in [0.5, 0.6) is 0 Å². The van der Waals surface area contributed by atoms with Crippen molar-refractivity contribution in [1.82, 2.24) is 9.88 Å². The molecule has 2 heterocycles. The first-order chi connectivity index (χ1) is 9.31. The van der Waals surface area contributed by atoms with Gasteiger partial charge in [-0.1, -0.05) is 13.0 Å². The highest BCUT2D eigenvalue weighted by Gasteiger charge is 2.35. The van der Waals surface area contributed by atoms with Crippen molar-refractivity contribution in [2.75, 3.05) is 25.5 Å². The molecular formula is C16H25N3. The molecule has 0 amide bonds. The number of nitrogens with zero attached hydrogens (tertiary/aromatic N) is 2. The van der Waals surface area contributed by atoms with Crippen molar-refractivity contribution in [2.45, 2.75) is 45.1 Å². The Morgan fingerprint density at radius 2 is 2.26 bits per heavy atom. The fourth-order valence-corrected chi connectivity index (χ4v) is 3.82. The largest absolute Gasteiger partial charge is 0.373 e. The van der Waals surface area contributed by atoms with Crippen LogP contribution in [0.25, 0.3) is 0 Å². The first kappa shape index (κ1) is 12.9. The highest BCUT2D eigenvalue weighted by Crippen LogP contribution is 2.34. The maximum Gasteiger partial charge on any atom is 0.125 e. The van der Waals surface area contributed by atoms with Crippen LogP contribution in [0.4, 0.5) is 5.82 Å². The zero-order valence-electron chi connectivity index (χ0n) is 12.2. The van der Waals surface area contributed by atoms with Crippen LogP contribution in [0.2, 0.25) is 0 Å². The summed E-state index contributed by atoms with van der Waals surface area (Å²) in [6, 6.07) is 5.17. The van der Waals surface area contributed by atoms with Gasteiger partial charge >= 0.3 is 0 Å². The zero-order chi connectivity index (χ0) is 13.2. The third kappa shape index (κ3) is 2.48. The molecular weight excluding hydrogens is 234 g/mol. The van der Waals surface area contributed by atoms with Crippen molar-refractivity contribution in [3.63, 3.8) is 0 Å². The van der Waals surface area contributed by atoms with Crippen LogP contribution < -0.4 is 5.32 Å². The number of nitrogens with one attached hydrogen (secondary N) is 1. The fraction of sp³-hybridized carbons (Fsp3) is 0.688. The third-order valence-electron chi connectivity index (χ3n) is 4.75. The molecule has 2 aliphatic rings. The van der Waals surface area contributed by atoms with Crippen molar-refractivity contribution < 1.29 is 0 Å². The lowest BCUT2D eigenvalue weighted by atomic mass is 9.77. The van der Waals surface area contributed by atoms with Gasteiger partial charge in [0.25, 0.3) is 0 Å². The van der Waals surface area contributed by atoms with Crippen LogP contribution in [-0.2, 0) is 12.8 Å². The van der Waals surface area contributed by atoms with Gasteiger partial charge in [0.1, 0.15) is 5.82 Å². The Hall–Kier alpha value is -1.09. The van der Waals surface area contributed by atoms with Gasteiger partial charge in [0.05, 0.1) is 0 Å². The lowest BCUT2D eigenvalue weighted by Gasteiger charge is -2.44. The van der Waals surface area contributed by atoms with Gasteiger partial charge in [-0.05, 0) is 62.7 Å². The molecule has 1 aromatic heterocycles. The molecule has 1 aliphatic carbocycles. The number of aromatic nitrogens is 1. The van der Waals surface area contributed by atoms with E-state index in [1.54, 1.807) is 0 Å². The molecule has 0 bridgehead atoms. The fourth-order valence-electron chi connectivity index (χ4n) is 3.82. The van der Waals surface area contributed by atoms with Gasteiger partial charge < -0.3 is 5.32 Å². The van der Waals surface area contributed by atoms with Crippen LogP contribution >= 0.6 is 0 Å². The van der Waals surface area contributed by atoms with Crippen LogP contribution in [0.3, 0.4) is 0 Å². The monoisotopic (exact) mass is 259 g/mol. The predicted molar refractivity (Wildman–Crippen MR) is 79.6 cm³/mol. The average molecular weight is 259 g/mol. The van der Waals surface area contributed by atoms with E-state index in [1.165, 1.54) is 56.5 Å². The summed E-state index contributed by atoms with van der Waals surface area (Å²) < 4.78 is 0. The summed E-state index contributed by atoms with van der Waals surface area (Å²) in [5.41, 5.74) is 2.81. The van der Waals surface area contributed by atoms with Crippen LogP contribution in [0, 0.1) is 5.92 Å². The standard InChI is InChI=1S/C16H25N3/c1-3-8-19-9-4-5-13-10-14-12(11-15(13)19)6-7-16(17-2)18-14/h6-7,13,15H,3-5,8-11H2,1-2H3,(H,17,18)/t13-,15-/m0/s1. The second-order valence-corrected chi connectivity index (χ2v) is 5.97. The quantitative estimate of drug-likeness (QED) is 0.904. The Labute approximate surface area is 116 Å². The summed E-state index contributed by atoms with van der Waals surface area (Å²) in [6.07, 6.45) is 6.40. The summed E-state index contributed by atoms with van der Waals surface area (Å²) in [4.78, 5) is 7.49. The van der Waals surface area contributed by atoms with E-state index in [2.05, 4.69) is 29.3 Å². The Kier molecular flexibility index (Phi) is 3.74. The molecule has 104 valence electrons. The van der Waals surface area contributed by atoms with Crippen LogP contribution in [-0.4, -0.2) is 36.1 Å². The van der Waals surface area contributed by atoms with Crippen molar-refractivity contribution in [3.8, 4) is 0 Å². The maximum absolute atomic E-state index is 4.76. The molecule has 0 spiro atoms. The molecule has 1 N–H and O–H groups in total. The van der Waals surface area contributed by atoms with Gasteiger partial charge in [-0.25, -0.2) is 4.98 Å². The Morgan fingerprint density at radius 1 is 1.37 bits per heavy atom. The third-order valence-corrected chi connectivity index (χ3v) is 4.75. The molecule has 0 aromatic carbocycles. The molecule has 19 heavy (non-hydrogen) atoms. The van der Waals surface area contributed by atoms with E-state index < -0.39 is 0 Å². The predicted octanol–water partition coefficient (Wildman–Crippen LogP) is 2.71. The topological polar surface area (TPSA) is 28.2 Å². The molecule has 0 radical (unpaired) electrons. The molecule has 0 saturated carbocycles. The summed E-state index contributed by atoms with van der Waals surface area (Å²) >= 11 is 0. The first-order valence-corrected chi connectivity index (χ1v) is 7.72. The van der Waals surface area contributed by atoms with Gasteiger partial charge in [0.15, 0.2) is 0 Å². The van der Waals surface area contributed by atoms with E-state index in [1.807, 2.05) is 7.05 Å². The lowest BCUT2D eigenvalue weighted by molar-refractivity contribution is 0.0846. The molecule has 3 heteroatoms. The van der Waals surface area contributed by atoms with Crippen LogP contribution in [0.15, 0.2) is 12.1 Å². The van der Waals surface area contributed by atoms with E-state index in [4.69, 9.17) is 4.98 Å². The van der Waals surface area contributed by atoms with E-state index >= 15 is 0 Å². The molecule has 3 nitrogen and oxygen atoms in total. The van der Waals surface area contributed by atoms with Crippen molar-refractivity contribution >= 4 is 5.82 Å². The molecule has 1 aliphatic heterocycles. The number of pyridine rings is 1. The molecule has 1 saturated heterocycles. The van der Waals surface area contributed by atoms with Gasteiger partial charge in [0.2, 0.25) is 0 Å². The van der Waals surface area contributed by atoms with Gasteiger partial charge in [-0.2, -0.15) is 0 Å². The number of fused-ring (bicyclic) bond motifs is 2. The molecule has 0 unspecified atom stereocenters. The molecule has 1 aromatic rings. The van der Waals surface area contributed by atoms with E-state index in [0.29, 0.717) is 0 Å². The van der Waals surface area contributed by atoms with Crippen molar-refractivity contribution in [3.05, 3.63) is 23.4 Å². The Balaban J connectivity index is 1.84. The molecule has 1 fully saturated rings. The lowest BCUT2D eigenvalue weighted by Crippen LogP contribution is -2.49. The number of anilines is 1. The van der Waals surface area contributed by atoms with Crippen LogP contribution in [0.1, 0.15) is 37.4 Å². The number of rotatable bonds is 3. The molecule has 3 rings (SSSR count). The molecule has 2 atom stereocenters. The highest BCUT2D eigenvalue weighted by atomic mass is 15.2. The number of hydrogen-bond donors (Lipinski definition) is 1. The number of likely N-dealkylation sites (tertiary alicyclic amines) is 1. The number of hydrogen-bond acceptors (Lipinski definition) is 3. The average Bonchev–Trinajstić information content (AvgIpc) is 2.45. The minimum atomic E-state index is 0.767. The summed E-state index contributed by atoms with van der Waals surface area (Å²) in [6.45, 7) is 4.85. The van der Waals surface area contributed by atoms with Gasteiger partial charge in [-0.15, -0.1) is 0 Å². The van der Waals surface area contributed by atoms with Gasteiger partial charge in [-0.3, -0.25) is 4.90 Å². The SMILES string of the molecule is CCCN1CCC[C@H]2Cc3nc(NC)ccc3C[C@@H]21. The second kappa shape index (κ2) is 5.49. The minimum absolute atomic E-state index is 0.767. The van der Waals surface area contributed by atoms with Crippen molar-refractivity contribution in [1.29, 1.82) is 0 Å². The summed E-state index contributed by atoms with van der Waals surface area (Å²) in [5, 5.41) is 3.16. The smallest absolute Gasteiger partial charge is 0.125 e.